The summed E-state index contributed by atoms with van der Waals surface area (Å²) in [6.07, 6.45) is 0. The first-order valence-corrected chi connectivity index (χ1v) is 25.2. The number of carbonyl (C=O) groups is 2. The fraction of sp³-hybridized carbons (Fsp3) is 0.684. The van der Waals surface area contributed by atoms with Gasteiger partial charge in [0.15, 0.2) is 5.82 Å². The first-order valence-electron chi connectivity index (χ1n) is 19.9. The molecule has 6 rings (SSSR count). The van der Waals surface area contributed by atoms with Gasteiger partial charge in [0.2, 0.25) is 5.88 Å². The highest BCUT2D eigenvalue weighted by Crippen LogP contribution is 2.27. The van der Waals surface area contributed by atoms with E-state index >= 15 is 0 Å². The molecule has 0 aromatic carbocycles. The van der Waals surface area contributed by atoms with Crippen LogP contribution >= 0.6 is 34.4 Å². The van der Waals surface area contributed by atoms with Gasteiger partial charge in [-0.3, -0.25) is 38.0 Å². The van der Waals surface area contributed by atoms with E-state index < -0.39 is 44.2 Å². The van der Waals surface area contributed by atoms with Gasteiger partial charge < -0.3 is 5.11 Å². The molecule has 2 atom stereocenters. The van der Waals surface area contributed by atoms with Gasteiger partial charge in [0.25, 0.3) is 17.4 Å². The number of thiazole rings is 1. The Morgan fingerprint density at radius 2 is 1.31 bits per heavy atom. The minimum atomic E-state index is -3.55. The Bertz CT molecular complexity index is 2370. The van der Waals surface area contributed by atoms with Gasteiger partial charge in [-0.2, -0.15) is 30.2 Å². The minimum absolute atomic E-state index is 0.00919. The van der Waals surface area contributed by atoms with Crippen LogP contribution in [0.5, 0.6) is 5.88 Å². The number of amides is 2. The average molecular weight is 999 g/mol. The Morgan fingerprint density at radius 3 is 1.50 bits per heavy atom. The van der Waals surface area contributed by atoms with Crippen molar-refractivity contribution in [3.8, 4) is 5.88 Å². The zero-order valence-corrected chi connectivity index (χ0v) is 43.9. The first kappa shape index (κ1) is 57.9. The number of H-pyrrole nitrogens is 3. The highest BCUT2D eigenvalue weighted by atomic mass is 32.2. The highest BCUT2D eigenvalue weighted by molar-refractivity contribution is 7.88. The molecule has 2 amide bonds. The average Bonchev–Trinajstić information content (AvgIpc) is 3.95. The molecule has 6 heterocycles. The van der Waals surface area contributed by atoms with Crippen molar-refractivity contribution < 1.29 is 36.1 Å². The van der Waals surface area contributed by atoms with Crippen LogP contribution in [0.3, 0.4) is 0 Å². The van der Waals surface area contributed by atoms with Crippen LogP contribution < -0.4 is 25.6 Å². The van der Waals surface area contributed by atoms with Crippen molar-refractivity contribution in [1.29, 1.82) is 0 Å². The van der Waals surface area contributed by atoms with Crippen molar-refractivity contribution in [1.82, 2.24) is 46.9 Å². The topological polar surface area (TPSA) is 304 Å². The molecule has 6 N–H and O–H groups in total. The van der Waals surface area contributed by atoms with Gasteiger partial charge >= 0.3 is 31.0 Å². The molecule has 21 nitrogen and oxygen atoms in total. The first-order chi connectivity index (χ1) is 28.7. The summed E-state index contributed by atoms with van der Waals surface area (Å²) in [6, 6.07) is -0.0682. The molecule has 0 aliphatic carbocycles. The summed E-state index contributed by atoms with van der Waals surface area (Å²) < 4.78 is 62.0. The largest absolute Gasteiger partial charge is 0.493 e. The number of hydrogen-bond donors (Lipinski definition) is 6. The van der Waals surface area contributed by atoms with E-state index in [1.165, 1.54) is 29.8 Å². The van der Waals surface area contributed by atoms with Gasteiger partial charge in [-0.25, -0.2) is 18.8 Å². The van der Waals surface area contributed by atoms with Crippen LogP contribution in [0, 0.1) is 0 Å². The number of hydrogen-bond acceptors (Lipinski definition) is 17. The second-order valence-electron chi connectivity index (χ2n) is 19.1. The normalized spacial score (nSPS) is 18.3. The molecule has 2 aliphatic heterocycles. The summed E-state index contributed by atoms with van der Waals surface area (Å²) in [7, 11) is -7.10. The predicted molar refractivity (Wildman–Crippen MR) is 250 cm³/mol. The molecule has 0 saturated carbocycles. The number of nitrogens with one attached hydrogen (secondary N) is 5. The molecule has 2 unspecified atom stereocenters. The number of nitrogens with zero attached hydrogens (tertiary/aromatic N) is 5. The monoisotopic (exact) mass is 998 g/mol. The van der Waals surface area contributed by atoms with Crippen LogP contribution in [0.1, 0.15) is 146 Å². The Labute approximate surface area is 387 Å². The molecular weight excluding hydrogens is 933 g/mol. The van der Waals surface area contributed by atoms with Crippen LogP contribution in [0.25, 0.3) is 0 Å². The summed E-state index contributed by atoms with van der Waals surface area (Å²) in [5.74, 6) is 0.147. The van der Waals surface area contributed by atoms with Crippen molar-refractivity contribution in [2.24, 2.45) is 0 Å². The number of aromatic hydroxyl groups is 1. The highest BCUT2D eigenvalue weighted by Gasteiger charge is 2.43. The van der Waals surface area contributed by atoms with E-state index in [1.54, 1.807) is 46.1 Å². The van der Waals surface area contributed by atoms with Gasteiger partial charge in [0.05, 0.1) is 5.38 Å². The lowest BCUT2D eigenvalue weighted by molar-refractivity contribution is -0.127. The van der Waals surface area contributed by atoms with E-state index in [4.69, 9.17) is 5.11 Å². The van der Waals surface area contributed by atoms with Crippen LogP contribution in [-0.2, 0) is 51.7 Å². The zero-order chi connectivity index (χ0) is 50.1. The smallest absolute Gasteiger partial charge is 0.438 e. The second-order valence-corrected chi connectivity index (χ2v) is 24.7. The number of aromatic nitrogens is 6. The lowest BCUT2D eigenvalue weighted by Crippen LogP contribution is -2.39. The Kier molecular flexibility index (Phi) is 20.3. The van der Waals surface area contributed by atoms with E-state index in [-0.39, 0.29) is 56.0 Å². The molecule has 4 aromatic heterocycles. The Hall–Kier alpha value is -4.08. The van der Waals surface area contributed by atoms with E-state index in [0.29, 0.717) is 5.82 Å². The summed E-state index contributed by atoms with van der Waals surface area (Å²) in [4.78, 5) is 64.1. The van der Waals surface area contributed by atoms with Crippen molar-refractivity contribution in [2.75, 3.05) is 0 Å². The van der Waals surface area contributed by atoms with Gasteiger partial charge in [-0.1, -0.05) is 99.8 Å². The quantitative estimate of drug-likeness (QED) is 0.160. The molecule has 64 heavy (non-hydrogen) atoms. The third-order valence-corrected chi connectivity index (χ3v) is 14.7. The Morgan fingerprint density at radius 1 is 0.766 bits per heavy atom. The molecule has 364 valence electrons. The third kappa shape index (κ3) is 18.1. The maximum atomic E-state index is 11.2. The van der Waals surface area contributed by atoms with Crippen LogP contribution in [0.4, 0.5) is 0 Å². The summed E-state index contributed by atoms with van der Waals surface area (Å²) in [5.41, 5.74) is -0.0178. The molecule has 2 fully saturated rings. The summed E-state index contributed by atoms with van der Waals surface area (Å²) >= 11 is 3.88. The van der Waals surface area contributed by atoms with E-state index in [1.807, 2.05) is 46.3 Å². The van der Waals surface area contributed by atoms with Gasteiger partial charge in [-0.05, 0) is 47.0 Å². The van der Waals surface area contributed by atoms with Gasteiger partial charge in [0, 0.05) is 50.8 Å². The molecule has 2 aliphatic rings. The Balaban J connectivity index is 0.000000385. The third-order valence-electron chi connectivity index (χ3n) is 8.12. The van der Waals surface area contributed by atoms with Gasteiger partial charge in [-0.15, -0.1) is 11.3 Å². The van der Waals surface area contributed by atoms with Crippen LogP contribution in [-0.4, -0.2) is 95.4 Å². The minimum Gasteiger partial charge on any atom is -0.493 e. The van der Waals surface area contributed by atoms with E-state index in [2.05, 4.69) is 79.6 Å². The maximum absolute atomic E-state index is 11.2. The van der Waals surface area contributed by atoms with Crippen LogP contribution in [0.15, 0.2) is 30.4 Å². The van der Waals surface area contributed by atoms with Crippen molar-refractivity contribution in [2.45, 2.75) is 170 Å². The lowest BCUT2D eigenvalue weighted by Gasteiger charge is -2.20. The molecule has 0 bridgehead atoms. The van der Waals surface area contributed by atoms with Crippen LogP contribution in [0.2, 0.25) is 0 Å². The molecular formula is C38H66N10O11S5. The molecule has 4 aromatic rings. The standard InChI is InChI=1S/2C7H11NOS.2C6H12N2O3S.C6H10N2O2.C6H10N2OS/c1-7(2,3)6-8-5(9)4-10-6;1-7(2,3)5-4-6(9)8-10-5;1-4(2)8-5(3)6(9)7-12(8,10)11;1-4(2)8-6(9)5(3)7-12(8,10)11;2*1-6(2,3)4-7-5(9)10-8-4/h4,9H,1-3H3;4H,1-3H3,(H,8,9);4-5H,1-3H3,(H,7,9);4-5,7H,1-3H3;2*1-3H3,(H,7,8,9). The maximum Gasteiger partial charge on any atom is 0.438 e. The fourth-order valence-electron chi connectivity index (χ4n) is 4.86. The number of rotatable bonds is 2. The number of carbonyl (C=O) groups excluding carboxylic acids is 2. The second kappa shape index (κ2) is 22.4. The van der Waals surface area contributed by atoms with E-state index in [0.717, 1.165) is 35.9 Å². The van der Waals surface area contributed by atoms with Crippen molar-refractivity contribution in [3.05, 3.63) is 63.6 Å². The van der Waals surface area contributed by atoms with E-state index in [9.17, 15) is 40.8 Å². The number of aromatic amines is 3. The fourth-order valence-corrected chi connectivity index (χ4v) is 10.2. The molecule has 26 heteroatoms. The SMILES string of the molecule is CC(C)(C)c1cc(=O)[nH]s1.CC(C)(C)c1nc(O)cs1.CC(C)(C)c1noc(=O)[nH]1.CC(C)(C)c1nsc(=O)[nH]1.CC(C)N1C(C)C(=O)NS1(=O)=O.CC1NS(=O)(=O)N(C(C)C)C1=O. The van der Waals surface area contributed by atoms with Gasteiger partial charge in [0.1, 0.15) is 22.9 Å². The molecule has 0 radical (unpaired) electrons. The van der Waals surface area contributed by atoms with Crippen molar-refractivity contribution >= 4 is 66.6 Å². The van der Waals surface area contributed by atoms with Crippen molar-refractivity contribution in [3.63, 3.8) is 0 Å². The zero-order valence-electron chi connectivity index (χ0n) is 39.8. The lowest BCUT2D eigenvalue weighted by atomic mass is 9.95. The summed E-state index contributed by atoms with van der Waals surface area (Å²) in [6.45, 7) is 34.2. The predicted octanol–water partition coefficient (Wildman–Crippen LogP) is 4.59. The molecule has 2 saturated heterocycles. The summed E-state index contributed by atoms with van der Waals surface area (Å²) in [5, 5.41) is 15.1. The molecule has 0 spiro atoms.